The molecule has 0 radical (unpaired) electrons. The molecule has 2 aromatic rings. The Balaban J connectivity index is 2.38. The number of aromatic nitrogens is 3. The van der Waals surface area contributed by atoms with Gasteiger partial charge < -0.3 is 9.30 Å². The van der Waals surface area contributed by atoms with Crippen LogP contribution in [-0.4, -0.2) is 34.1 Å². The number of pyridine rings is 1. The maximum absolute atomic E-state index is 5.92. The third kappa shape index (κ3) is 4.18. The Morgan fingerprint density at radius 1 is 1.43 bits per heavy atom. The Labute approximate surface area is 139 Å². The zero-order valence-corrected chi connectivity index (χ0v) is 15.0. The number of aryl methyl sites for hydroxylation is 1. The number of hydrogen-bond donors (Lipinski definition) is 0. The predicted molar refractivity (Wildman–Crippen MR) is 89.9 cm³/mol. The van der Waals surface area contributed by atoms with Crippen molar-refractivity contribution >= 4 is 38.7 Å². The molecule has 0 N–H and O–H groups in total. The van der Waals surface area contributed by atoms with Gasteiger partial charge in [-0.15, -0.1) is 11.6 Å². The van der Waals surface area contributed by atoms with Gasteiger partial charge in [0.05, 0.1) is 0 Å². The van der Waals surface area contributed by atoms with Gasteiger partial charge in [-0.1, -0.05) is 13.8 Å². The lowest BCUT2D eigenvalue weighted by molar-refractivity contribution is 0.142. The molecule has 2 heterocycles. The molecule has 0 fully saturated rings. The second-order valence-corrected chi connectivity index (χ2v) is 7.25. The SMILES string of the molecule is COCCC(C)(C)Cn1c(CCCl)nc2cc(Br)cnc21. The molecule has 6 heteroatoms. The normalized spacial score (nSPS) is 12.2. The molecule has 0 aromatic carbocycles. The van der Waals surface area contributed by atoms with E-state index in [-0.39, 0.29) is 5.41 Å². The lowest BCUT2D eigenvalue weighted by atomic mass is 9.89. The van der Waals surface area contributed by atoms with Crippen molar-refractivity contribution in [2.45, 2.75) is 33.2 Å². The predicted octanol–water partition coefficient (Wildman–Crippen LogP) is 4.04. The summed E-state index contributed by atoms with van der Waals surface area (Å²) in [7, 11) is 1.74. The van der Waals surface area contributed by atoms with Crippen molar-refractivity contribution in [3.8, 4) is 0 Å². The summed E-state index contributed by atoms with van der Waals surface area (Å²) in [5.41, 5.74) is 1.94. The minimum Gasteiger partial charge on any atom is -0.385 e. The molecule has 2 aromatic heterocycles. The second kappa shape index (κ2) is 7.07. The molecule has 0 unspecified atom stereocenters. The summed E-state index contributed by atoms with van der Waals surface area (Å²) in [6.45, 7) is 6.08. The quantitative estimate of drug-likeness (QED) is 0.687. The fraction of sp³-hybridized carbons (Fsp3) is 0.600. The van der Waals surface area contributed by atoms with E-state index in [2.05, 4.69) is 44.3 Å². The molecule has 0 saturated heterocycles. The van der Waals surface area contributed by atoms with Gasteiger partial charge in [-0.3, -0.25) is 0 Å². The zero-order valence-electron chi connectivity index (χ0n) is 12.7. The Hall–Kier alpha value is -0.650. The van der Waals surface area contributed by atoms with Crippen molar-refractivity contribution in [2.75, 3.05) is 19.6 Å². The average Bonchev–Trinajstić information content (AvgIpc) is 2.73. The number of imidazole rings is 1. The molecule has 116 valence electrons. The van der Waals surface area contributed by atoms with Gasteiger partial charge in [0, 0.05) is 43.2 Å². The molecule has 4 nitrogen and oxygen atoms in total. The molecule has 0 bridgehead atoms. The van der Waals surface area contributed by atoms with Crippen LogP contribution in [-0.2, 0) is 17.7 Å². The number of ether oxygens (including phenoxy) is 1. The highest BCUT2D eigenvalue weighted by molar-refractivity contribution is 9.10. The number of nitrogens with zero attached hydrogens (tertiary/aromatic N) is 3. The van der Waals surface area contributed by atoms with E-state index in [0.29, 0.717) is 5.88 Å². The number of hydrogen-bond acceptors (Lipinski definition) is 3. The number of rotatable bonds is 7. The van der Waals surface area contributed by atoms with Crippen LogP contribution >= 0.6 is 27.5 Å². The Bertz CT molecular complexity index is 612. The summed E-state index contributed by atoms with van der Waals surface area (Å²) in [4.78, 5) is 9.21. The largest absolute Gasteiger partial charge is 0.385 e. The van der Waals surface area contributed by atoms with Crippen LogP contribution in [0.25, 0.3) is 11.2 Å². The van der Waals surface area contributed by atoms with E-state index < -0.39 is 0 Å². The first-order valence-electron chi connectivity index (χ1n) is 7.02. The highest BCUT2D eigenvalue weighted by atomic mass is 79.9. The minimum absolute atomic E-state index is 0.111. The first-order valence-corrected chi connectivity index (χ1v) is 8.35. The average molecular weight is 375 g/mol. The van der Waals surface area contributed by atoms with E-state index in [1.54, 1.807) is 7.11 Å². The molecule has 0 aliphatic carbocycles. The molecular weight excluding hydrogens is 354 g/mol. The molecule has 0 aliphatic heterocycles. The van der Waals surface area contributed by atoms with Crippen molar-refractivity contribution in [1.29, 1.82) is 0 Å². The van der Waals surface area contributed by atoms with Crippen LogP contribution in [0.15, 0.2) is 16.7 Å². The molecule has 0 spiro atoms. The smallest absolute Gasteiger partial charge is 0.160 e. The Morgan fingerprint density at radius 2 is 2.19 bits per heavy atom. The molecule has 0 atom stereocenters. The van der Waals surface area contributed by atoms with E-state index in [1.165, 1.54) is 0 Å². The molecule has 0 amide bonds. The maximum Gasteiger partial charge on any atom is 0.160 e. The molecule has 2 rings (SSSR count). The zero-order chi connectivity index (χ0) is 15.5. The Kier molecular flexibility index (Phi) is 5.63. The van der Waals surface area contributed by atoms with Crippen molar-refractivity contribution in [3.63, 3.8) is 0 Å². The van der Waals surface area contributed by atoms with Gasteiger partial charge in [0.15, 0.2) is 5.65 Å². The summed E-state index contributed by atoms with van der Waals surface area (Å²) in [5.74, 6) is 1.55. The van der Waals surface area contributed by atoms with E-state index in [0.717, 1.165) is 47.5 Å². The monoisotopic (exact) mass is 373 g/mol. The maximum atomic E-state index is 5.92. The lowest BCUT2D eigenvalue weighted by Gasteiger charge is -2.26. The van der Waals surface area contributed by atoms with E-state index in [1.807, 2.05) is 12.3 Å². The van der Waals surface area contributed by atoms with Crippen molar-refractivity contribution in [3.05, 3.63) is 22.6 Å². The van der Waals surface area contributed by atoms with E-state index >= 15 is 0 Å². The fourth-order valence-electron chi connectivity index (χ4n) is 2.36. The van der Waals surface area contributed by atoms with Gasteiger partial charge in [0.25, 0.3) is 0 Å². The van der Waals surface area contributed by atoms with Gasteiger partial charge in [-0.25, -0.2) is 9.97 Å². The first-order chi connectivity index (χ1) is 9.96. The van der Waals surface area contributed by atoms with Crippen LogP contribution in [0, 0.1) is 5.41 Å². The van der Waals surface area contributed by atoms with Gasteiger partial charge in [0.2, 0.25) is 0 Å². The third-order valence-corrected chi connectivity index (χ3v) is 4.14. The number of fused-ring (bicyclic) bond motifs is 1. The first kappa shape index (κ1) is 16.7. The summed E-state index contributed by atoms with van der Waals surface area (Å²) in [6.07, 6.45) is 3.54. The van der Waals surface area contributed by atoms with Crippen molar-refractivity contribution in [2.24, 2.45) is 5.41 Å². The minimum atomic E-state index is 0.111. The number of halogens is 2. The van der Waals surface area contributed by atoms with Crippen LogP contribution in [0.1, 0.15) is 26.1 Å². The van der Waals surface area contributed by atoms with E-state index in [9.17, 15) is 0 Å². The third-order valence-electron chi connectivity index (χ3n) is 3.52. The van der Waals surface area contributed by atoms with Crippen molar-refractivity contribution in [1.82, 2.24) is 14.5 Å². The molecular formula is C15H21BrClN3O. The van der Waals surface area contributed by atoms with Gasteiger partial charge in [0.1, 0.15) is 11.3 Å². The lowest BCUT2D eigenvalue weighted by Crippen LogP contribution is -2.23. The second-order valence-electron chi connectivity index (χ2n) is 5.96. The molecule has 0 aliphatic rings. The standard InChI is InChI=1S/C15H21BrClN3O/c1-15(2,5-7-21-3)10-20-13(4-6-17)19-12-8-11(16)9-18-14(12)20/h8-9H,4-7,10H2,1-3H3. The summed E-state index contributed by atoms with van der Waals surface area (Å²) in [6, 6.07) is 2.00. The Morgan fingerprint density at radius 3 is 2.86 bits per heavy atom. The number of alkyl halides is 1. The van der Waals surface area contributed by atoms with Crippen molar-refractivity contribution < 1.29 is 4.74 Å². The summed E-state index contributed by atoms with van der Waals surface area (Å²) < 4.78 is 8.34. The van der Waals surface area contributed by atoms with Gasteiger partial charge in [-0.05, 0) is 33.8 Å². The van der Waals surface area contributed by atoms with Crippen LogP contribution < -0.4 is 0 Å². The van der Waals surface area contributed by atoms with E-state index in [4.69, 9.17) is 16.3 Å². The summed E-state index contributed by atoms with van der Waals surface area (Å²) in [5, 5.41) is 0. The highest BCUT2D eigenvalue weighted by Crippen LogP contribution is 2.27. The highest BCUT2D eigenvalue weighted by Gasteiger charge is 2.22. The van der Waals surface area contributed by atoms with Crippen LogP contribution in [0.4, 0.5) is 0 Å². The fourth-order valence-corrected chi connectivity index (χ4v) is 2.85. The molecule has 0 saturated carbocycles. The van der Waals surface area contributed by atoms with Crippen LogP contribution in [0.2, 0.25) is 0 Å². The number of methoxy groups -OCH3 is 1. The van der Waals surface area contributed by atoms with Crippen LogP contribution in [0.5, 0.6) is 0 Å². The van der Waals surface area contributed by atoms with Crippen LogP contribution in [0.3, 0.4) is 0 Å². The molecule has 21 heavy (non-hydrogen) atoms. The van der Waals surface area contributed by atoms with Gasteiger partial charge in [-0.2, -0.15) is 0 Å². The van der Waals surface area contributed by atoms with Gasteiger partial charge >= 0.3 is 0 Å². The summed E-state index contributed by atoms with van der Waals surface area (Å²) >= 11 is 9.37. The topological polar surface area (TPSA) is 39.9 Å².